The second-order valence-corrected chi connectivity index (χ2v) is 7.19. The van der Waals surface area contributed by atoms with Crippen molar-refractivity contribution >= 4 is 11.7 Å². The third-order valence-electron chi connectivity index (χ3n) is 5.27. The van der Waals surface area contributed by atoms with Crippen LogP contribution in [0.2, 0.25) is 0 Å². The molecule has 0 spiro atoms. The molecule has 2 aromatic rings. The quantitative estimate of drug-likeness (QED) is 0.820. The van der Waals surface area contributed by atoms with E-state index in [4.69, 9.17) is 4.74 Å². The number of benzene rings is 2. The van der Waals surface area contributed by atoms with Crippen LogP contribution in [0.5, 0.6) is 5.75 Å². The average molecular weight is 351 g/mol. The van der Waals surface area contributed by atoms with E-state index in [0.717, 1.165) is 36.5 Å². The Morgan fingerprint density at radius 3 is 2.31 bits per heavy atom. The molecule has 0 saturated carbocycles. The van der Waals surface area contributed by atoms with Crippen LogP contribution in [0.3, 0.4) is 0 Å². The molecular weight excluding hydrogens is 326 g/mol. The van der Waals surface area contributed by atoms with Crippen LogP contribution >= 0.6 is 0 Å². The summed E-state index contributed by atoms with van der Waals surface area (Å²) < 4.78 is 5.28. The van der Waals surface area contributed by atoms with Crippen molar-refractivity contribution in [3.05, 3.63) is 59.7 Å². The van der Waals surface area contributed by atoms with Gasteiger partial charge in [-0.1, -0.05) is 38.1 Å². The number of anilines is 1. The molecule has 5 nitrogen and oxygen atoms in total. The van der Waals surface area contributed by atoms with Crippen LogP contribution < -0.4 is 9.64 Å². The highest BCUT2D eigenvalue weighted by Crippen LogP contribution is 2.40. The number of urea groups is 1. The van der Waals surface area contributed by atoms with E-state index in [1.54, 1.807) is 7.11 Å². The van der Waals surface area contributed by atoms with Gasteiger partial charge in [0.05, 0.1) is 7.11 Å². The molecule has 2 fully saturated rings. The number of rotatable bonds is 4. The van der Waals surface area contributed by atoms with Crippen molar-refractivity contribution in [1.29, 1.82) is 0 Å². The van der Waals surface area contributed by atoms with Crippen molar-refractivity contribution < 1.29 is 9.53 Å². The Labute approximate surface area is 154 Å². The highest BCUT2D eigenvalue weighted by Gasteiger charge is 2.47. The number of ether oxygens (including phenoxy) is 1. The first-order valence-corrected chi connectivity index (χ1v) is 9.21. The Morgan fingerprint density at radius 1 is 1.00 bits per heavy atom. The second-order valence-electron chi connectivity index (χ2n) is 7.19. The Kier molecular flexibility index (Phi) is 4.32. The number of carbonyl (C=O) groups is 1. The van der Waals surface area contributed by atoms with Gasteiger partial charge in [0.25, 0.3) is 0 Å². The molecule has 1 atom stereocenters. The van der Waals surface area contributed by atoms with Crippen molar-refractivity contribution in [3.8, 4) is 5.75 Å². The molecule has 2 saturated heterocycles. The van der Waals surface area contributed by atoms with Gasteiger partial charge < -0.3 is 4.74 Å². The molecule has 0 aliphatic carbocycles. The zero-order valence-corrected chi connectivity index (χ0v) is 15.6. The fraction of sp³-hybridized carbons (Fsp3) is 0.381. The Hall–Kier alpha value is -2.53. The number of hydrogen-bond acceptors (Lipinski definition) is 3. The molecule has 136 valence electrons. The lowest BCUT2D eigenvalue weighted by Crippen LogP contribution is -2.32. The van der Waals surface area contributed by atoms with Crippen molar-refractivity contribution in [2.45, 2.75) is 32.4 Å². The maximum atomic E-state index is 13.1. The van der Waals surface area contributed by atoms with E-state index in [0.29, 0.717) is 5.92 Å². The first-order valence-electron chi connectivity index (χ1n) is 9.21. The predicted octanol–water partition coefficient (Wildman–Crippen LogP) is 4.38. The molecule has 4 rings (SSSR count). The standard InChI is InChI=1S/C21H25N3O2/c1-15(2)16-5-9-18(10-6-16)24-20(17-7-11-19(26-3)12-8-17)22-13-4-14-23(22)21(24)25/h5-12,15,20H,4,13-14H2,1-3H3. The van der Waals surface area contributed by atoms with Crippen LogP contribution in [0.4, 0.5) is 10.5 Å². The van der Waals surface area contributed by atoms with Gasteiger partial charge in [0.15, 0.2) is 0 Å². The van der Waals surface area contributed by atoms with Gasteiger partial charge in [0, 0.05) is 18.8 Å². The Bertz CT molecular complexity index is 786. The van der Waals surface area contributed by atoms with Gasteiger partial charge in [0.1, 0.15) is 11.9 Å². The third kappa shape index (κ3) is 2.72. The van der Waals surface area contributed by atoms with Crippen LogP contribution in [0.1, 0.15) is 43.5 Å². The molecule has 2 heterocycles. The Morgan fingerprint density at radius 2 is 1.69 bits per heavy atom. The van der Waals surface area contributed by atoms with Crippen LogP contribution in [0.25, 0.3) is 0 Å². The molecule has 0 radical (unpaired) electrons. The molecule has 26 heavy (non-hydrogen) atoms. The van der Waals surface area contributed by atoms with E-state index in [2.05, 4.69) is 43.1 Å². The summed E-state index contributed by atoms with van der Waals surface area (Å²) in [6.45, 7) is 6.03. The highest BCUT2D eigenvalue weighted by atomic mass is 16.5. The third-order valence-corrected chi connectivity index (χ3v) is 5.27. The van der Waals surface area contributed by atoms with E-state index >= 15 is 0 Å². The summed E-state index contributed by atoms with van der Waals surface area (Å²) in [6, 6.07) is 16.4. The summed E-state index contributed by atoms with van der Waals surface area (Å²) in [4.78, 5) is 15.0. The summed E-state index contributed by atoms with van der Waals surface area (Å²) in [5.41, 5.74) is 3.31. The number of carbonyl (C=O) groups excluding carboxylic acids is 1. The average Bonchev–Trinajstić information content (AvgIpc) is 3.24. The molecule has 5 heteroatoms. The normalized spacial score (nSPS) is 20.2. The topological polar surface area (TPSA) is 36.0 Å². The van der Waals surface area contributed by atoms with Crippen molar-refractivity contribution in [2.75, 3.05) is 25.1 Å². The molecule has 2 aliphatic rings. The molecule has 2 aliphatic heterocycles. The molecule has 2 aromatic carbocycles. The summed E-state index contributed by atoms with van der Waals surface area (Å²) in [7, 11) is 1.67. The van der Waals surface area contributed by atoms with Gasteiger partial charge in [-0.25, -0.2) is 4.79 Å². The lowest BCUT2D eigenvalue weighted by atomic mass is 10.0. The lowest BCUT2D eigenvalue weighted by molar-refractivity contribution is 0.0727. The first kappa shape index (κ1) is 16.9. The van der Waals surface area contributed by atoms with E-state index in [1.165, 1.54) is 5.56 Å². The van der Waals surface area contributed by atoms with E-state index in [9.17, 15) is 4.79 Å². The number of amides is 2. The minimum absolute atomic E-state index is 0.0561. The number of methoxy groups -OCH3 is 1. The summed E-state index contributed by atoms with van der Waals surface area (Å²) >= 11 is 0. The zero-order valence-electron chi connectivity index (χ0n) is 15.6. The second kappa shape index (κ2) is 6.65. The first-order chi connectivity index (χ1) is 12.6. The maximum Gasteiger partial charge on any atom is 0.340 e. The smallest absolute Gasteiger partial charge is 0.340 e. The molecule has 0 bridgehead atoms. The van der Waals surface area contributed by atoms with Crippen LogP contribution in [-0.2, 0) is 0 Å². The molecule has 0 N–H and O–H groups in total. The van der Waals surface area contributed by atoms with Gasteiger partial charge in [-0.05, 0) is 47.7 Å². The SMILES string of the molecule is COc1ccc(C2N(c3ccc(C(C)C)cc3)C(=O)N3CCCN23)cc1. The van der Waals surface area contributed by atoms with Crippen molar-refractivity contribution in [1.82, 2.24) is 10.0 Å². The number of fused-ring (bicyclic) bond motifs is 1. The van der Waals surface area contributed by atoms with Gasteiger partial charge in [-0.15, -0.1) is 0 Å². The van der Waals surface area contributed by atoms with E-state index < -0.39 is 0 Å². The molecule has 0 aromatic heterocycles. The fourth-order valence-corrected chi connectivity index (χ4v) is 3.82. The molecule has 2 amide bonds. The number of nitrogens with zero attached hydrogens (tertiary/aromatic N) is 3. The van der Waals surface area contributed by atoms with Crippen molar-refractivity contribution in [2.24, 2.45) is 0 Å². The monoisotopic (exact) mass is 351 g/mol. The predicted molar refractivity (Wildman–Crippen MR) is 102 cm³/mol. The van der Waals surface area contributed by atoms with Gasteiger partial charge in [0.2, 0.25) is 0 Å². The largest absolute Gasteiger partial charge is 0.497 e. The lowest BCUT2D eigenvalue weighted by Gasteiger charge is -2.28. The van der Waals surface area contributed by atoms with Crippen molar-refractivity contribution in [3.63, 3.8) is 0 Å². The van der Waals surface area contributed by atoms with Crippen LogP contribution in [0, 0.1) is 0 Å². The maximum absolute atomic E-state index is 13.1. The van der Waals surface area contributed by atoms with Gasteiger partial charge in [-0.3, -0.25) is 9.91 Å². The van der Waals surface area contributed by atoms with Crippen LogP contribution in [0.15, 0.2) is 48.5 Å². The minimum atomic E-state index is -0.110. The number of hydrazine groups is 1. The molecular formula is C21H25N3O2. The summed E-state index contributed by atoms with van der Waals surface area (Å²) in [5, 5.41) is 4.06. The van der Waals surface area contributed by atoms with E-state index in [1.807, 2.05) is 34.2 Å². The van der Waals surface area contributed by atoms with Gasteiger partial charge in [-0.2, -0.15) is 5.01 Å². The van der Waals surface area contributed by atoms with Gasteiger partial charge >= 0.3 is 6.03 Å². The summed E-state index contributed by atoms with van der Waals surface area (Å²) in [6.07, 6.45) is 0.902. The number of hydrogen-bond donors (Lipinski definition) is 0. The minimum Gasteiger partial charge on any atom is -0.497 e. The molecule has 1 unspecified atom stereocenters. The van der Waals surface area contributed by atoms with Crippen LogP contribution in [-0.4, -0.2) is 36.2 Å². The summed E-state index contributed by atoms with van der Waals surface area (Å²) in [5.74, 6) is 1.30. The zero-order chi connectivity index (χ0) is 18.3. The van der Waals surface area contributed by atoms with E-state index in [-0.39, 0.29) is 12.2 Å². The fourth-order valence-electron chi connectivity index (χ4n) is 3.82. The Balaban J connectivity index is 1.73. The highest BCUT2D eigenvalue weighted by molar-refractivity contribution is 5.94.